The number of nitrogens with one attached hydrogen (secondary N) is 2. The molecule has 1 amide bonds. The fraction of sp³-hybridized carbons (Fsp3) is 0.263. The summed E-state index contributed by atoms with van der Waals surface area (Å²) in [6, 6.07) is 15.0. The predicted octanol–water partition coefficient (Wildman–Crippen LogP) is 4.34. The molecule has 1 unspecified atom stereocenters. The molecule has 4 nitrogen and oxygen atoms in total. The van der Waals surface area contributed by atoms with Gasteiger partial charge in [-0.3, -0.25) is 10.1 Å². The second-order valence-electron chi connectivity index (χ2n) is 5.51. The van der Waals surface area contributed by atoms with E-state index in [-0.39, 0.29) is 11.0 Å². The van der Waals surface area contributed by atoms with Crippen molar-refractivity contribution >= 4 is 28.9 Å². The van der Waals surface area contributed by atoms with E-state index in [0.29, 0.717) is 17.2 Å². The van der Waals surface area contributed by atoms with Crippen molar-refractivity contribution in [2.45, 2.75) is 26.2 Å². The third kappa shape index (κ3) is 4.32. The molecule has 0 aromatic heterocycles. The summed E-state index contributed by atoms with van der Waals surface area (Å²) in [5.41, 5.74) is 2.53. The van der Waals surface area contributed by atoms with E-state index in [1.165, 1.54) is 12.7 Å². The number of thiocarbonyl (C=S) groups is 1. The van der Waals surface area contributed by atoms with Gasteiger partial charge in [0.25, 0.3) is 5.91 Å². The monoisotopic (exact) mass is 342 g/mol. The minimum atomic E-state index is -0.300. The van der Waals surface area contributed by atoms with Crippen LogP contribution in [0.2, 0.25) is 0 Å². The fourth-order valence-electron chi connectivity index (χ4n) is 2.42. The molecule has 0 saturated carbocycles. The first-order valence-corrected chi connectivity index (χ1v) is 8.31. The Bertz CT molecular complexity index is 731. The Morgan fingerprint density at radius 2 is 1.83 bits per heavy atom. The van der Waals surface area contributed by atoms with E-state index in [9.17, 15) is 4.79 Å². The molecule has 0 radical (unpaired) electrons. The zero-order chi connectivity index (χ0) is 17.5. The highest BCUT2D eigenvalue weighted by atomic mass is 32.1. The van der Waals surface area contributed by atoms with Crippen LogP contribution in [0.4, 0.5) is 5.69 Å². The van der Waals surface area contributed by atoms with Crippen LogP contribution in [0, 0.1) is 0 Å². The summed E-state index contributed by atoms with van der Waals surface area (Å²) in [6.45, 7) is 4.31. The van der Waals surface area contributed by atoms with E-state index in [1.54, 1.807) is 18.2 Å². The normalized spacial score (nSPS) is 11.5. The predicted molar refractivity (Wildman–Crippen MR) is 102 cm³/mol. The number of carbonyl (C=O) groups excluding carboxylic acids is 1. The number of para-hydroxylation sites is 2. The number of carbonyl (C=O) groups is 1. The second-order valence-corrected chi connectivity index (χ2v) is 5.91. The molecule has 0 bridgehead atoms. The minimum Gasteiger partial charge on any atom is -0.496 e. The Morgan fingerprint density at radius 1 is 1.17 bits per heavy atom. The van der Waals surface area contributed by atoms with Crippen molar-refractivity contribution in [3.63, 3.8) is 0 Å². The lowest BCUT2D eigenvalue weighted by atomic mass is 9.97. The summed E-state index contributed by atoms with van der Waals surface area (Å²) in [7, 11) is 1.53. The molecule has 0 fully saturated rings. The first kappa shape index (κ1) is 17.9. The zero-order valence-corrected chi connectivity index (χ0v) is 14.9. The largest absolute Gasteiger partial charge is 0.496 e. The standard InChI is InChI=1S/C19H22N2O2S/c1-4-13(2)14-9-5-7-11-16(14)20-19(24)21-18(22)15-10-6-8-12-17(15)23-3/h5-13H,4H2,1-3H3,(H2,20,21,22,24). The highest BCUT2D eigenvalue weighted by molar-refractivity contribution is 7.80. The van der Waals surface area contributed by atoms with Crippen LogP contribution in [0.1, 0.15) is 42.1 Å². The van der Waals surface area contributed by atoms with Gasteiger partial charge in [-0.15, -0.1) is 0 Å². The van der Waals surface area contributed by atoms with Gasteiger partial charge in [0.15, 0.2) is 5.11 Å². The lowest BCUT2D eigenvalue weighted by Gasteiger charge is -2.17. The Balaban J connectivity index is 2.10. The molecule has 0 aliphatic heterocycles. The smallest absolute Gasteiger partial charge is 0.261 e. The number of methoxy groups -OCH3 is 1. The first-order chi connectivity index (χ1) is 11.6. The van der Waals surface area contributed by atoms with Crippen molar-refractivity contribution in [2.75, 3.05) is 12.4 Å². The first-order valence-electron chi connectivity index (χ1n) is 7.91. The van der Waals surface area contributed by atoms with Crippen LogP contribution in [0.5, 0.6) is 5.75 Å². The molecule has 1 atom stereocenters. The Morgan fingerprint density at radius 3 is 2.54 bits per heavy atom. The van der Waals surface area contributed by atoms with Gasteiger partial charge in [-0.2, -0.15) is 0 Å². The van der Waals surface area contributed by atoms with E-state index in [4.69, 9.17) is 17.0 Å². The molecule has 126 valence electrons. The minimum absolute atomic E-state index is 0.265. The number of hydrogen-bond donors (Lipinski definition) is 2. The molecule has 2 aromatic rings. The van der Waals surface area contributed by atoms with Crippen molar-refractivity contribution in [3.8, 4) is 5.75 Å². The van der Waals surface area contributed by atoms with E-state index in [1.807, 2.05) is 24.3 Å². The third-order valence-corrected chi connectivity index (χ3v) is 4.14. The van der Waals surface area contributed by atoms with Gasteiger partial charge < -0.3 is 10.1 Å². The van der Waals surface area contributed by atoms with Crippen molar-refractivity contribution in [1.82, 2.24) is 5.32 Å². The summed E-state index contributed by atoms with van der Waals surface area (Å²) in [5.74, 6) is 0.616. The topological polar surface area (TPSA) is 50.4 Å². The van der Waals surface area contributed by atoms with Gasteiger partial charge in [-0.25, -0.2) is 0 Å². The average Bonchev–Trinajstić information content (AvgIpc) is 2.61. The lowest BCUT2D eigenvalue weighted by molar-refractivity contribution is 0.0975. The quantitative estimate of drug-likeness (QED) is 0.794. The van der Waals surface area contributed by atoms with Gasteiger partial charge in [-0.05, 0) is 48.3 Å². The average molecular weight is 342 g/mol. The van der Waals surface area contributed by atoms with E-state index in [0.717, 1.165) is 12.1 Å². The van der Waals surface area contributed by atoms with Gasteiger partial charge in [0.1, 0.15) is 5.75 Å². The molecule has 2 N–H and O–H groups in total. The van der Waals surface area contributed by atoms with Crippen LogP contribution in [-0.4, -0.2) is 18.1 Å². The number of amides is 1. The van der Waals surface area contributed by atoms with Crippen molar-refractivity contribution in [3.05, 3.63) is 59.7 Å². The molecular weight excluding hydrogens is 320 g/mol. The fourth-order valence-corrected chi connectivity index (χ4v) is 2.62. The molecule has 0 aliphatic carbocycles. The van der Waals surface area contributed by atoms with Crippen LogP contribution in [0.15, 0.2) is 48.5 Å². The summed E-state index contributed by atoms with van der Waals surface area (Å²) in [6.07, 6.45) is 1.03. The summed E-state index contributed by atoms with van der Waals surface area (Å²) >= 11 is 5.29. The molecule has 5 heteroatoms. The SMILES string of the molecule is CCC(C)c1ccccc1NC(=S)NC(=O)c1ccccc1OC. The van der Waals surface area contributed by atoms with E-state index < -0.39 is 0 Å². The second kappa shape index (κ2) is 8.45. The van der Waals surface area contributed by atoms with Crippen molar-refractivity contribution in [1.29, 1.82) is 0 Å². The van der Waals surface area contributed by atoms with Gasteiger partial charge in [0, 0.05) is 5.69 Å². The Hall–Kier alpha value is -2.40. The third-order valence-electron chi connectivity index (χ3n) is 3.93. The summed E-state index contributed by atoms with van der Waals surface area (Å²) in [5, 5.41) is 6.09. The maximum Gasteiger partial charge on any atom is 0.261 e. The van der Waals surface area contributed by atoms with Crippen LogP contribution in [0.3, 0.4) is 0 Å². The number of hydrogen-bond acceptors (Lipinski definition) is 3. The van der Waals surface area contributed by atoms with E-state index in [2.05, 4.69) is 30.5 Å². The number of ether oxygens (including phenoxy) is 1. The van der Waals surface area contributed by atoms with Crippen LogP contribution < -0.4 is 15.4 Å². The molecule has 2 rings (SSSR count). The lowest BCUT2D eigenvalue weighted by Crippen LogP contribution is -2.34. The molecule has 0 saturated heterocycles. The van der Waals surface area contributed by atoms with Crippen molar-refractivity contribution in [2.24, 2.45) is 0 Å². The zero-order valence-electron chi connectivity index (χ0n) is 14.1. The number of benzene rings is 2. The molecule has 24 heavy (non-hydrogen) atoms. The van der Waals surface area contributed by atoms with Gasteiger partial charge >= 0.3 is 0 Å². The van der Waals surface area contributed by atoms with Gasteiger partial charge in [0.05, 0.1) is 12.7 Å². The van der Waals surface area contributed by atoms with Crippen LogP contribution in [-0.2, 0) is 0 Å². The highest BCUT2D eigenvalue weighted by Crippen LogP contribution is 2.26. The number of rotatable bonds is 5. The maximum atomic E-state index is 12.4. The summed E-state index contributed by atoms with van der Waals surface area (Å²) in [4.78, 5) is 12.4. The Kier molecular flexibility index (Phi) is 6.32. The van der Waals surface area contributed by atoms with Crippen LogP contribution in [0.25, 0.3) is 0 Å². The summed E-state index contributed by atoms with van der Waals surface area (Å²) < 4.78 is 5.21. The van der Waals surface area contributed by atoms with E-state index >= 15 is 0 Å². The molecule has 0 aliphatic rings. The van der Waals surface area contributed by atoms with Crippen LogP contribution >= 0.6 is 12.2 Å². The van der Waals surface area contributed by atoms with Gasteiger partial charge in [0.2, 0.25) is 0 Å². The molecule has 0 heterocycles. The molecule has 2 aromatic carbocycles. The number of anilines is 1. The molecular formula is C19H22N2O2S. The Labute approximate surface area is 148 Å². The maximum absolute atomic E-state index is 12.4. The highest BCUT2D eigenvalue weighted by Gasteiger charge is 2.14. The molecule has 0 spiro atoms. The van der Waals surface area contributed by atoms with Gasteiger partial charge in [-0.1, -0.05) is 44.2 Å². The van der Waals surface area contributed by atoms with Crippen molar-refractivity contribution < 1.29 is 9.53 Å².